The van der Waals surface area contributed by atoms with E-state index >= 15 is 0 Å². The fourth-order valence-corrected chi connectivity index (χ4v) is 2.56. The number of nitrogens with one attached hydrogen (secondary N) is 1. The average molecular weight is 324 g/mol. The molecule has 0 spiro atoms. The van der Waals surface area contributed by atoms with Crippen LogP contribution in [-0.4, -0.2) is 44.7 Å². The van der Waals surface area contributed by atoms with Crippen molar-refractivity contribution in [1.82, 2.24) is 24.6 Å². The van der Waals surface area contributed by atoms with Crippen LogP contribution in [0.2, 0.25) is 0 Å². The quantitative estimate of drug-likeness (QED) is 0.794. The SMILES string of the molecule is Cc1nn(C)c2ncc(CNc3cc(C(=O)N(C)C)ccn3)cc12. The first-order valence-electron chi connectivity index (χ1n) is 7.65. The molecule has 0 saturated heterocycles. The number of pyridine rings is 2. The van der Waals surface area contributed by atoms with Gasteiger partial charge in [-0.3, -0.25) is 9.48 Å². The molecule has 7 heteroatoms. The molecule has 3 heterocycles. The van der Waals surface area contributed by atoms with Gasteiger partial charge in [0.05, 0.1) is 5.69 Å². The Hall–Kier alpha value is -2.96. The average Bonchev–Trinajstić information content (AvgIpc) is 2.86. The summed E-state index contributed by atoms with van der Waals surface area (Å²) in [6.07, 6.45) is 3.46. The van der Waals surface area contributed by atoms with Gasteiger partial charge in [0.2, 0.25) is 0 Å². The Morgan fingerprint density at radius 2 is 2.08 bits per heavy atom. The van der Waals surface area contributed by atoms with Crippen molar-refractivity contribution in [1.29, 1.82) is 0 Å². The van der Waals surface area contributed by atoms with Crippen molar-refractivity contribution >= 4 is 22.8 Å². The van der Waals surface area contributed by atoms with Crippen LogP contribution in [0.15, 0.2) is 30.6 Å². The second kappa shape index (κ2) is 6.27. The van der Waals surface area contributed by atoms with Crippen molar-refractivity contribution in [3.63, 3.8) is 0 Å². The van der Waals surface area contributed by atoms with Gasteiger partial charge in [0.1, 0.15) is 5.82 Å². The molecule has 0 fully saturated rings. The zero-order valence-electron chi connectivity index (χ0n) is 14.2. The summed E-state index contributed by atoms with van der Waals surface area (Å²) in [5.41, 5.74) is 3.46. The van der Waals surface area contributed by atoms with Crippen molar-refractivity contribution in [3.8, 4) is 0 Å². The first-order chi connectivity index (χ1) is 11.5. The van der Waals surface area contributed by atoms with Crippen LogP contribution < -0.4 is 5.32 Å². The van der Waals surface area contributed by atoms with Crippen molar-refractivity contribution in [2.75, 3.05) is 19.4 Å². The van der Waals surface area contributed by atoms with Gasteiger partial charge in [-0.2, -0.15) is 5.10 Å². The van der Waals surface area contributed by atoms with Gasteiger partial charge in [0.25, 0.3) is 5.91 Å². The van der Waals surface area contributed by atoms with Crippen LogP contribution >= 0.6 is 0 Å². The number of hydrogen-bond donors (Lipinski definition) is 1. The van der Waals surface area contributed by atoms with Gasteiger partial charge in [-0.15, -0.1) is 0 Å². The van der Waals surface area contributed by atoms with Gasteiger partial charge in [0.15, 0.2) is 5.65 Å². The number of aryl methyl sites for hydroxylation is 2. The minimum absolute atomic E-state index is 0.0467. The largest absolute Gasteiger partial charge is 0.366 e. The fraction of sp³-hybridized carbons (Fsp3) is 0.294. The Bertz CT molecular complexity index is 899. The predicted molar refractivity (Wildman–Crippen MR) is 92.8 cm³/mol. The monoisotopic (exact) mass is 324 g/mol. The van der Waals surface area contributed by atoms with Crippen LogP contribution in [0, 0.1) is 6.92 Å². The zero-order chi connectivity index (χ0) is 17.3. The Labute approximate surface area is 140 Å². The third-order valence-electron chi connectivity index (χ3n) is 3.81. The maximum absolute atomic E-state index is 12.0. The van der Waals surface area contributed by atoms with E-state index in [0.29, 0.717) is 17.9 Å². The topological polar surface area (TPSA) is 75.9 Å². The van der Waals surface area contributed by atoms with Crippen molar-refractivity contribution in [3.05, 3.63) is 47.4 Å². The molecule has 3 aromatic heterocycles. The van der Waals surface area contributed by atoms with E-state index in [1.165, 1.54) is 0 Å². The molecule has 124 valence electrons. The summed E-state index contributed by atoms with van der Waals surface area (Å²) in [5.74, 6) is 0.611. The van der Waals surface area contributed by atoms with E-state index in [2.05, 4.69) is 26.4 Å². The van der Waals surface area contributed by atoms with Crippen molar-refractivity contribution in [2.45, 2.75) is 13.5 Å². The van der Waals surface area contributed by atoms with E-state index < -0.39 is 0 Å². The predicted octanol–water partition coefficient (Wildman–Crippen LogP) is 1.99. The summed E-state index contributed by atoms with van der Waals surface area (Å²) in [6, 6.07) is 5.54. The molecule has 0 aromatic carbocycles. The number of amides is 1. The Kier molecular flexibility index (Phi) is 4.16. The van der Waals surface area contributed by atoms with Crippen LogP contribution in [0.5, 0.6) is 0 Å². The van der Waals surface area contributed by atoms with E-state index in [1.807, 2.05) is 20.2 Å². The second-order valence-corrected chi connectivity index (χ2v) is 5.91. The smallest absolute Gasteiger partial charge is 0.253 e. The number of aromatic nitrogens is 4. The fourth-order valence-electron chi connectivity index (χ4n) is 2.56. The number of anilines is 1. The second-order valence-electron chi connectivity index (χ2n) is 5.91. The molecule has 3 rings (SSSR count). The Balaban J connectivity index is 1.77. The molecule has 0 aliphatic heterocycles. The van der Waals surface area contributed by atoms with Crippen LogP contribution in [0.1, 0.15) is 21.6 Å². The maximum Gasteiger partial charge on any atom is 0.253 e. The molecule has 0 atom stereocenters. The number of fused-ring (bicyclic) bond motifs is 1. The van der Waals surface area contributed by atoms with Gasteiger partial charge in [-0.05, 0) is 30.7 Å². The van der Waals surface area contributed by atoms with E-state index in [1.54, 1.807) is 42.0 Å². The Morgan fingerprint density at radius 1 is 1.29 bits per heavy atom. The molecule has 0 bridgehead atoms. The normalized spacial score (nSPS) is 10.8. The maximum atomic E-state index is 12.0. The van der Waals surface area contributed by atoms with E-state index in [-0.39, 0.29) is 5.91 Å². The molecule has 3 aromatic rings. The summed E-state index contributed by atoms with van der Waals surface area (Å²) >= 11 is 0. The molecule has 24 heavy (non-hydrogen) atoms. The first-order valence-corrected chi connectivity index (χ1v) is 7.65. The van der Waals surface area contributed by atoms with Gasteiger partial charge in [-0.25, -0.2) is 9.97 Å². The Morgan fingerprint density at radius 3 is 2.83 bits per heavy atom. The molecule has 0 aliphatic rings. The van der Waals surface area contributed by atoms with E-state index in [4.69, 9.17) is 0 Å². The standard InChI is InChI=1S/C17H20N6O/c1-11-14-7-12(10-20-16(14)23(4)21-11)9-19-15-8-13(5-6-18-15)17(24)22(2)3/h5-8,10H,9H2,1-4H3,(H,18,19). The van der Waals surface area contributed by atoms with Crippen LogP contribution in [0.4, 0.5) is 5.82 Å². The van der Waals surface area contributed by atoms with Crippen LogP contribution in [0.3, 0.4) is 0 Å². The van der Waals surface area contributed by atoms with Gasteiger partial charge < -0.3 is 10.2 Å². The third kappa shape index (κ3) is 3.05. The zero-order valence-corrected chi connectivity index (χ0v) is 14.2. The highest BCUT2D eigenvalue weighted by molar-refractivity contribution is 5.94. The minimum Gasteiger partial charge on any atom is -0.366 e. The lowest BCUT2D eigenvalue weighted by molar-refractivity contribution is 0.0827. The first kappa shape index (κ1) is 15.9. The lowest BCUT2D eigenvalue weighted by Crippen LogP contribution is -2.21. The lowest BCUT2D eigenvalue weighted by Gasteiger charge is -2.11. The molecule has 1 amide bonds. The van der Waals surface area contributed by atoms with Gasteiger partial charge >= 0.3 is 0 Å². The minimum atomic E-state index is -0.0467. The molecule has 0 radical (unpaired) electrons. The number of rotatable bonds is 4. The van der Waals surface area contributed by atoms with E-state index in [9.17, 15) is 4.79 Å². The number of hydrogen-bond acceptors (Lipinski definition) is 5. The molecule has 0 unspecified atom stereocenters. The summed E-state index contributed by atoms with van der Waals surface area (Å²) < 4.78 is 1.78. The summed E-state index contributed by atoms with van der Waals surface area (Å²) in [6.45, 7) is 2.54. The highest BCUT2D eigenvalue weighted by atomic mass is 16.2. The van der Waals surface area contributed by atoms with E-state index in [0.717, 1.165) is 22.3 Å². The molecular formula is C17H20N6O. The molecule has 1 N–H and O–H groups in total. The van der Waals surface area contributed by atoms with Gasteiger partial charge in [0, 0.05) is 51.0 Å². The van der Waals surface area contributed by atoms with Crippen LogP contribution in [-0.2, 0) is 13.6 Å². The number of nitrogens with zero attached hydrogens (tertiary/aromatic N) is 5. The molecular weight excluding hydrogens is 304 g/mol. The van der Waals surface area contributed by atoms with Crippen LogP contribution in [0.25, 0.3) is 11.0 Å². The summed E-state index contributed by atoms with van der Waals surface area (Å²) in [5, 5.41) is 8.66. The lowest BCUT2D eigenvalue weighted by atomic mass is 10.2. The third-order valence-corrected chi connectivity index (χ3v) is 3.81. The number of carbonyl (C=O) groups excluding carboxylic acids is 1. The molecule has 0 saturated carbocycles. The highest BCUT2D eigenvalue weighted by Gasteiger charge is 2.10. The van der Waals surface area contributed by atoms with Gasteiger partial charge in [-0.1, -0.05) is 0 Å². The number of carbonyl (C=O) groups is 1. The van der Waals surface area contributed by atoms with Crippen molar-refractivity contribution < 1.29 is 4.79 Å². The summed E-state index contributed by atoms with van der Waals surface area (Å²) in [4.78, 5) is 22.3. The molecule has 7 nitrogen and oxygen atoms in total. The van der Waals surface area contributed by atoms with Crippen molar-refractivity contribution in [2.24, 2.45) is 7.05 Å². The highest BCUT2D eigenvalue weighted by Crippen LogP contribution is 2.17. The summed E-state index contributed by atoms with van der Waals surface area (Å²) in [7, 11) is 5.34. The molecule has 0 aliphatic carbocycles.